The summed E-state index contributed by atoms with van der Waals surface area (Å²) in [6, 6.07) is 0. The van der Waals surface area contributed by atoms with Crippen molar-refractivity contribution in [1.82, 2.24) is 9.97 Å². The Labute approximate surface area is 57.7 Å². The highest BCUT2D eigenvalue weighted by Crippen LogP contribution is 2.16. The van der Waals surface area contributed by atoms with Crippen molar-refractivity contribution in [2.75, 3.05) is 7.11 Å². The Hall–Kier alpha value is -0.830. The molecule has 0 atom stereocenters. The zero-order chi connectivity index (χ0) is 6.69. The first-order chi connectivity index (χ1) is 4.34. The first kappa shape index (κ1) is 6.29. The van der Waals surface area contributed by atoms with E-state index in [0.29, 0.717) is 5.75 Å². The van der Waals surface area contributed by atoms with Crippen LogP contribution in [0.1, 0.15) is 0 Å². The molecule has 47 valence electrons. The molecule has 0 fully saturated rings. The van der Waals surface area contributed by atoms with Gasteiger partial charge >= 0.3 is 0 Å². The third kappa shape index (κ3) is 1.29. The van der Waals surface area contributed by atoms with Crippen LogP contribution in [0.15, 0.2) is 6.33 Å². The van der Waals surface area contributed by atoms with Crippen LogP contribution >= 0.6 is 11.6 Å². The molecule has 3 nitrogen and oxygen atoms in total. The Morgan fingerprint density at radius 2 is 2.56 bits per heavy atom. The number of hydrogen-bond donors (Lipinski definition) is 0. The first-order valence-corrected chi connectivity index (χ1v) is 2.64. The second-order valence-corrected chi connectivity index (χ2v) is 1.67. The van der Waals surface area contributed by atoms with E-state index in [9.17, 15) is 0 Å². The van der Waals surface area contributed by atoms with Crippen molar-refractivity contribution < 1.29 is 4.74 Å². The van der Waals surface area contributed by atoms with Gasteiger partial charge in [0, 0.05) is 0 Å². The summed E-state index contributed by atoms with van der Waals surface area (Å²) in [5, 5.41) is 0.285. The molecule has 0 aliphatic carbocycles. The van der Waals surface area contributed by atoms with E-state index in [-0.39, 0.29) is 5.15 Å². The summed E-state index contributed by atoms with van der Waals surface area (Å²) in [7, 11) is 1.49. The van der Waals surface area contributed by atoms with Gasteiger partial charge in [-0.1, -0.05) is 11.6 Å². The Morgan fingerprint density at radius 3 is 3.00 bits per heavy atom. The molecule has 0 N–H and O–H groups in total. The fourth-order valence-electron chi connectivity index (χ4n) is 0.402. The lowest BCUT2D eigenvalue weighted by molar-refractivity contribution is 0.410. The van der Waals surface area contributed by atoms with Crippen molar-refractivity contribution in [3.8, 4) is 5.75 Å². The van der Waals surface area contributed by atoms with Crippen molar-refractivity contribution in [3.63, 3.8) is 0 Å². The lowest BCUT2D eigenvalue weighted by Crippen LogP contribution is -1.87. The number of nitrogens with zero attached hydrogens (tertiary/aromatic N) is 2. The summed E-state index contributed by atoms with van der Waals surface area (Å²) in [6.45, 7) is 0. The number of methoxy groups -OCH3 is 1. The molecule has 1 aromatic rings. The van der Waals surface area contributed by atoms with Crippen LogP contribution in [0.25, 0.3) is 0 Å². The van der Waals surface area contributed by atoms with Gasteiger partial charge in [-0.3, -0.25) is 0 Å². The Kier molecular flexibility index (Phi) is 1.85. The van der Waals surface area contributed by atoms with Crippen molar-refractivity contribution in [1.29, 1.82) is 0 Å². The van der Waals surface area contributed by atoms with Gasteiger partial charge < -0.3 is 4.74 Å². The van der Waals surface area contributed by atoms with Gasteiger partial charge in [0.1, 0.15) is 12.5 Å². The average molecular weight is 144 g/mol. The molecule has 0 aliphatic rings. The molecule has 0 aliphatic heterocycles. The molecule has 1 radical (unpaired) electrons. The minimum Gasteiger partial charge on any atom is -0.491 e. The number of aromatic nitrogens is 2. The van der Waals surface area contributed by atoms with Crippen molar-refractivity contribution in [2.45, 2.75) is 0 Å². The Bertz CT molecular complexity index is 204. The lowest BCUT2D eigenvalue weighted by Gasteiger charge is -1.96. The quantitative estimate of drug-likeness (QED) is 0.549. The van der Waals surface area contributed by atoms with Crippen LogP contribution in [0, 0.1) is 6.20 Å². The largest absolute Gasteiger partial charge is 0.491 e. The van der Waals surface area contributed by atoms with Gasteiger partial charge in [-0.2, -0.15) is 0 Å². The van der Waals surface area contributed by atoms with E-state index in [1.54, 1.807) is 0 Å². The smallest absolute Gasteiger partial charge is 0.184 e. The molecule has 9 heavy (non-hydrogen) atoms. The number of rotatable bonds is 1. The standard InChI is InChI=1S/C5H4ClN2O/c1-9-4-2-7-3-8-5(4)6/h3H,1H3. The maximum Gasteiger partial charge on any atom is 0.184 e. The first-order valence-electron chi connectivity index (χ1n) is 2.26. The zero-order valence-corrected chi connectivity index (χ0v) is 5.51. The monoisotopic (exact) mass is 143 g/mol. The van der Waals surface area contributed by atoms with Gasteiger partial charge in [0.25, 0.3) is 0 Å². The fourth-order valence-corrected chi connectivity index (χ4v) is 0.565. The van der Waals surface area contributed by atoms with Crippen molar-refractivity contribution in [2.24, 2.45) is 0 Å². The highest BCUT2D eigenvalue weighted by Gasteiger charge is 1.97. The van der Waals surface area contributed by atoms with Crippen LogP contribution in [0.2, 0.25) is 5.15 Å². The summed E-state index contributed by atoms with van der Waals surface area (Å²) in [6.07, 6.45) is 3.83. The molecule has 1 rings (SSSR count). The van der Waals surface area contributed by atoms with Gasteiger partial charge in [-0.25, -0.2) is 9.97 Å². The van der Waals surface area contributed by atoms with Gasteiger partial charge in [-0.15, -0.1) is 0 Å². The summed E-state index contributed by atoms with van der Waals surface area (Å²) in [5.74, 6) is 0.374. The molecule has 0 spiro atoms. The van der Waals surface area contributed by atoms with E-state index in [1.807, 2.05) is 0 Å². The lowest BCUT2D eigenvalue weighted by atomic mass is 10.6. The van der Waals surface area contributed by atoms with Crippen LogP contribution in [0.3, 0.4) is 0 Å². The third-order valence-corrected chi connectivity index (χ3v) is 1.06. The number of halogens is 1. The molecule has 0 bridgehead atoms. The Balaban J connectivity index is 3.01. The van der Waals surface area contributed by atoms with Gasteiger partial charge in [-0.05, 0) is 0 Å². The topological polar surface area (TPSA) is 35.0 Å². The van der Waals surface area contributed by atoms with Crippen LogP contribution in [-0.4, -0.2) is 17.1 Å². The molecule has 0 unspecified atom stereocenters. The predicted molar refractivity (Wildman–Crippen MR) is 32.4 cm³/mol. The maximum absolute atomic E-state index is 5.52. The zero-order valence-electron chi connectivity index (χ0n) is 4.76. The van der Waals surface area contributed by atoms with E-state index >= 15 is 0 Å². The highest BCUT2D eigenvalue weighted by atomic mass is 35.5. The molecule has 0 saturated heterocycles. The normalized spacial score (nSPS) is 9.11. The average Bonchev–Trinajstić information content (AvgIpc) is 1.89. The van der Waals surface area contributed by atoms with E-state index in [1.165, 1.54) is 13.4 Å². The molecular formula is C5H4ClN2O. The van der Waals surface area contributed by atoms with Crippen LogP contribution in [0.4, 0.5) is 0 Å². The van der Waals surface area contributed by atoms with Crippen molar-refractivity contribution >= 4 is 11.6 Å². The van der Waals surface area contributed by atoms with Gasteiger partial charge in [0.2, 0.25) is 0 Å². The predicted octanol–water partition coefficient (Wildman–Crippen LogP) is 0.939. The summed E-state index contributed by atoms with van der Waals surface area (Å²) in [4.78, 5) is 7.22. The second-order valence-electron chi connectivity index (χ2n) is 1.31. The molecule has 0 aromatic carbocycles. The SMILES string of the molecule is COc1[c]ncnc1Cl. The highest BCUT2D eigenvalue weighted by molar-refractivity contribution is 6.30. The second kappa shape index (κ2) is 2.64. The number of hydrogen-bond acceptors (Lipinski definition) is 3. The van der Waals surface area contributed by atoms with Crippen LogP contribution in [-0.2, 0) is 0 Å². The molecule has 0 amide bonds. The third-order valence-electron chi connectivity index (χ3n) is 0.786. The van der Waals surface area contributed by atoms with E-state index < -0.39 is 0 Å². The van der Waals surface area contributed by atoms with E-state index in [0.717, 1.165) is 0 Å². The Morgan fingerprint density at radius 1 is 1.78 bits per heavy atom. The minimum atomic E-state index is 0.285. The van der Waals surface area contributed by atoms with Crippen LogP contribution < -0.4 is 4.74 Å². The molecule has 1 aromatic heterocycles. The maximum atomic E-state index is 5.52. The molecule has 1 heterocycles. The van der Waals surface area contributed by atoms with Crippen LogP contribution in [0.5, 0.6) is 5.75 Å². The number of ether oxygens (including phenoxy) is 1. The van der Waals surface area contributed by atoms with Crippen molar-refractivity contribution in [3.05, 3.63) is 17.7 Å². The fraction of sp³-hybridized carbons (Fsp3) is 0.200. The van der Waals surface area contributed by atoms with Gasteiger partial charge in [0.05, 0.1) is 7.11 Å². The van der Waals surface area contributed by atoms with E-state index in [4.69, 9.17) is 16.3 Å². The molecule has 4 heteroatoms. The van der Waals surface area contributed by atoms with E-state index in [2.05, 4.69) is 16.2 Å². The molecular weight excluding hydrogens is 140 g/mol. The minimum absolute atomic E-state index is 0.285. The summed E-state index contributed by atoms with van der Waals surface area (Å²) in [5.41, 5.74) is 0. The summed E-state index contributed by atoms with van der Waals surface area (Å²) >= 11 is 5.52. The van der Waals surface area contributed by atoms with Gasteiger partial charge in [0.15, 0.2) is 10.9 Å². The summed E-state index contributed by atoms with van der Waals surface area (Å²) < 4.78 is 4.73. The molecule has 0 saturated carbocycles.